The van der Waals surface area contributed by atoms with Crippen LogP contribution in [0.5, 0.6) is 5.75 Å². The molecule has 0 aliphatic carbocycles. The molecule has 2 N–H and O–H groups in total. The molecule has 0 saturated heterocycles. The zero-order valence-electron chi connectivity index (χ0n) is 14.8. The molecule has 0 aliphatic heterocycles. The van der Waals surface area contributed by atoms with Gasteiger partial charge in [0.05, 0.1) is 12.6 Å². The molecule has 2 aromatic heterocycles. The fourth-order valence-corrected chi connectivity index (χ4v) is 2.58. The molecule has 0 spiro atoms. The number of carbonyl (C=O) groups is 2. The maximum absolute atomic E-state index is 12.7. The Morgan fingerprint density at radius 1 is 1.12 bits per heavy atom. The van der Waals surface area contributed by atoms with Crippen LogP contribution in [0.4, 0.5) is 5.69 Å². The molecule has 0 radical (unpaired) electrons. The van der Waals surface area contributed by atoms with Gasteiger partial charge in [-0.25, -0.2) is 4.98 Å². The van der Waals surface area contributed by atoms with Crippen molar-refractivity contribution in [1.82, 2.24) is 14.7 Å². The topological polar surface area (TPSA) is 84.7 Å². The lowest BCUT2D eigenvalue weighted by molar-refractivity contribution is 0.0940. The normalized spacial score (nSPS) is 10.8. The second kappa shape index (κ2) is 7.26. The molecule has 0 atom stereocenters. The van der Waals surface area contributed by atoms with Crippen LogP contribution >= 0.6 is 0 Å². The molecule has 7 nitrogen and oxygen atoms in total. The number of benzene rings is 1. The highest BCUT2D eigenvalue weighted by atomic mass is 16.5. The van der Waals surface area contributed by atoms with Gasteiger partial charge in [-0.3, -0.25) is 14.0 Å². The minimum absolute atomic E-state index is 0.0305. The van der Waals surface area contributed by atoms with Crippen LogP contribution in [0.3, 0.4) is 0 Å². The summed E-state index contributed by atoms with van der Waals surface area (Å²) in [5.41, 5.74) is 1.37. The van der Waals surface area contributed by atoms with Crippen molar-refractivity contribution in [2.45, 2.75) is 19.9 Å². The van der Waals surface area contributed by atoms with Crippen LogP contribution in [-0.2, 0) is 0 Å². The number of pyridine rings is 1. The number of rotatable bonds is 5. The van der Waals surface area contributed by atoms with Crippen molar-refractivity contribution in [3.05, 3.63) is 60.2 Å². The van der Waals surface area contributed by atoms with Crippen molar-refractivity contribution in [3.8, 4) is 5.75 Å². The number of anilines is 1. The Hall–Kier alpha value is -3.35. The van der Waals surface area contributed by atoms with Gasteiger partial charge < -0.3 is 15.4 Å². The lowest BCUT2D eigenvalue weighted by Crippen LogP contribution is -2.30. The van der Waals surface area contributed by atoms with Gasteiger partial charge in [0.15, 0.2) is 5.69 Å². The van der Waals surface area contributed by atoms with Crippen LogP contribution in [0.1, 0.15) is 35.0 Å². The smallest absolute Gasteiger partial charge is 0.292 e. The van der Waals surface area contributed by atoms with Crippen LogP contribution in [0, 0.1) is 0 Å². The Balaban J connectivity index is 1.96. The number of hydrogen-bond acceptors (Lipinski definition) is 4. The number of nitrogens with one attached hydrogen (secondary N) is 2. The second-order valence-electron chi connectivity index (χ2n) is 6.05. The molecular formula is C19H20N4O3. The summed E-state index contributed by atoms with van der Waals surface area (Å²) in [4.78, 5) is 29.4. The lowest BCUT2D eigenvalue weighted by Gasteiger charge is -2.06. The van der Waals surface area contributed by atoms with E-state index in [4.69, 9.17) is 4.74 Å². The van der Waals surface area contributed by atoms with Crippen LogP contribution in [0.15, 0.2) is 48.7 Å². The van der Waals surface area contributed by atoms with Crippen molar-refractivity contribution >= 4 is 23.0 Å². The molecular weight excluding hydrogens is 332 g/mol. The number of hydrogen-bond donors (Lipinski definition) is 2. The molecule has 2 amide bonds. The van der Waals surface area contributed by atoms with Gasteiger partial charge in [-0.05, 0) is 38.1 Å². The molecule has 26 heavy (non-hydrogen) atoms. The van der Waals surface area contributed by atoms with Gasteiger partial charge in [-0.15, -0.1) is 0 Å². The van der Waals surface area contributed by atoms with E-state index < -0.39 is 5.91 Å². The summed E-state index contributed by atoms with van der Waals surface area (Å²) in [6.45, 7) is 3.74. The standard InChI is InChI=1S/C19H20N4O3/c1-12(2)20-18(24)16-15-9-4-5-10-23(15)17(22-16)19(25)21-13-7-6-8-14(11-13)26-3/h4-12H,1-3H3,(H,20,24)(H,21,25). The molecule has 0 aliphatic rings. The van der Waals surface area contributed by atoms with E-state index in [1.807, 2.05) is 13.8 Å². The summed E-state index contributed by atoms with van der Waals surface area (Å²) in [6, 6.07) is 12.3. The minimum atomic E-state index is -0.414. The fourth-order valence-electron chi connectivity index (χ4n) is 2.58. The Morgan fingerprint density at radius 2 is 1.92 bits per heavy atom. The summed E-state index contributed by atoms with van der Waals surface area (Å²) < 4.78 is 6.76. The van der Waals surface area contributed by atoms with Crippen LogP contribution in [-0.4, -0.2) is 34.4 Å². The third-order valence-electron chi connectivity index (χ3n) is 3.71. The lowest BCUT2D eigenvalue weighted by atomic mass is 10.3. The highest BCUT2D eigenvalue weighted by Gasteiger charge is 2.21. The molecule has 0 fully saturated rings. The van der Waals surface area contributed by atoms with E-state index in [1.165, 1.54) is 0 Å². The number of fused-ring (bicyclic) bond motifs is 1. The number of aromatic nitrogens is 2. The molecule has 2 heterocycles. The minimum Gasteiger partial charge on any atom is -0.497 e. The zero-order chi connectivity index (χ0) is 18.7. The summed E-state index contributed by atoms with van der Waals surface area (Å²) in [5.74, 6) is 0.0392. The van der Waals surface area contributed by atoms with E-state index >= 15 is 0 Å². The van der Waals surface area contributed by atoms with Crippen LogP contribution in [0.2, 0.25) is 0 Å². The molecule has 134 valence electrons. The molecule has 0 saturated carbocycles. The first-order valence-electron chi connectivity index (χ1n) is 8.23. The summed E-state index contributed by atoms with van der Waals surface area (Å²) in [5, 5.41) is 5.59. The fraction of sp³-hybridized carbons (Fsp3) is 0.211. The highest BCUT2D eigenvalue weighted by molar-refractivity contribution is 6.06. The third-order valence-corrected chi connectivity index (χ3v) is 3.71. The number of imidazole rings is 1. The van der Waals surface area contributed by atoms with E-state index in [-0.39, 0.29) is 23.5 Å². The Morgan fingerprint density at radius 3 is 2.65 bits per heavy atom. The van der Waals surface area contributed by atoms with Crippen molar-refractivity contribution < 1.29 is 14.3 Å². The molecule has 1 aromatic carbocycles. The zero-order valence-corrected chi connectivity index (χ0v) is 14.8. The molecule has 0 unspecified atom stereocenters. The molecule has 3 aromatic rings. The van der Waals surface area contributed by atoms with Crippen molar-refractivity contribution in [1.29, 1.82) is 0 Å². The summed E-state index contributed by atoms with van der Waals surface area (Å²) >= 11 is 0. The van der Waals surface area contributed by atoms with Gasteiger partial charge >= 0.3 is 0 Å². The highest BCUT2D eigenvalue weighted by Crippen LogP contribution is 2.19. The predicted molar refractivity (Wildman–Crippen MR) is 98.7 cm³/mol. The van der Waals surface area contributed by atoms with E-state index in [0.29, 0.717) is 17.0 Å². The quantitative estimate of drug-likeness (QED) is 0.739. The third kappa shape index (κ3) is 3.51. The molecule has 7 heteroatoms. The average Bonchev–Trinajstić information content (AvgIpc) is 3.01. The van der Waals surface area contributed by atoms with E-state index in [1.54, 1.807) is 60.2 Å². The van der Waals surface area contributed by atoms with Gasteiger partial charge in [0.1, 0.15) is 5.75 Å². The van der Waals surface area contributed by atoms with Crippen LogP contribution in [0.25, 0.3) is 5.52 Å². The number of carbonyl (C=O) groups excluding carboxylic acids is 2. The van der Waals surface area contributed by atoms with Crippen molar-refractivity contribution in [2.24, 2.45) is 0 Å². The van der Waals surface area contributed by atoms with Gasteiger partial charge in [0, 0.05) is 24.0 Å². The number of ether oxygens (including phenoxy) is 1. The van der Waals surface area contributed by atoms with E-state index in [9.17, 15) is 9.59 Å². The summed E-state index contributed by atoms with van der Waals surface area (Å²) in [7, 11) is 1.56. The second-order valence-corrected chi connectivity index (χ2v) is 6.05. The van der Waals surface area contributed by atoms with Gasteiger partial charge in [-0.2, -0.15) is 0 Å². The first-order valence-corrected chi connectivity index (χ1v) is 8.23. The van der Waals surface area contributed by atoms with Gasteiger partial charge in [-0.1, -0.05) is 12.1 Å². The van der Waals surface area contributed by atoms with Crippen molar-refractivity contribution in [2.75, 3.05) is 12.4 Å². The Kier molecular flexibility index (Phi) is 4.88. The Bertz CT molecular complexity index is 962. The molecule has 3 rings (SSSR count). The monoisotopic (exact) mass is 352 g/mol. The van der Waals surface area contributed by atoms with Gasteiger partial charge in [0.2, 0.25) is 5.82 Å². The first-order chi connectivity index (χ1) is 12.5. The van der Waals surface area contributed by atoms with Crippen molar-refractivity contribution in [3.63, 3.8) is 0 Å². The van der Waals surface area contributed by atoms with E-state index in [2.05, 4.69) is 15.6 Å². The maximum atomic E-state index is 12.7. The number of amides is 2. The first kappa shape index (κ1) is 17.5. The predicted octanol–water partition coefficient (Wildman–Crippen LogP) is 2.73. The largest absolute Gasteiger partial charge is 0.497 e. The number of nitrogens with zero attached hydrogens (tertiary/aromatic N) is 2. The Labute approximate surface area is 151 Å². The van der Waals surface area contributed by atoms with E-state index in [0.717, 1.165) is 0 Å². The molecule has 0 bridgehead atoms. The number of methoxy groups -OCH3 is 1. The maximum Gasteiger partial charge on any atom is 0.292 e. The summed E-state index contributed by atoms with van der Waals surface area (Å²) in [6.07, 6.45) is 1.70. The van der Waals surface area contributed by atoms with Crippen LogP contribution < -0.4 is 15.4 Å². The van der Waals surface area contributed by atoms with Gasteiger partial charge in [0.25, 0.3) is 11.8 Å². The average molecular weight is 352 g/mol. The SMILES string of the molecule is COc1cccc(NC(=O)c2nc(C(=O)NC(C)C)c3ccccn23)c1.